The monoisotopic (exact) mass is 314 g/mol. The van der Waals surface area contributed by atoms with Crippen LogP contribution in [-0.4, -0.2) is 30.6 Å². The van der Waals surface area contributed by atoms with Crippen LogP contribution in [0.15, 0.2) is 24.3 Å². The number of nitrogens with zero attached hydrogens (tertiary/aromatic N) is 1. The number of aliphatic hydroxyl groups excluding tert-OH is 1. The molecule has 2 atom stereocenters. The maximum Gasteiger partial charge on any atom is 0.269 e. The number of nitro groups is 1. The molecule has 0 amide bonds. The summed E-state index contributed by atoms with van der Waals surface area (Å²) in [5.41, 5.74) is 0.394. The van der Waals surface area contributed by atoms with Crippen LogP contribution in [-0.2, 0) is 15.8 Å². The summed E-state index contributed by atoms with van der Waals surface area (Å²) < 4.78 is 26.7. The van der Waals surface area contributed by atoms with E-state index < -0.39 is 27.1 Å². The van der Waals surface area contributed by atoms with Crippen molar-refractivity contribution in [2.75, 3.05) is 0 Å². The molecule has 2 unspecified atom stereocenters. The molecule has 0 aliphatic heterocycles. The van der Waals surface area contributed by atoms with Gasteiger partial charge in [0.2, 0.25) is 10.0 Å². The molecule has 0 heterocycles. The van der Waals surface area contributed by atoms with Crippen LogP contribution in [0.5, 0.6) is 0 Å². The molecule has 116 valence electrons. The van der Waals surface area contributed by atoms with Gasteiger partial charge < -0.3 is 5.11 Å². The number of nitro benzene ring substituents is 1. The van der Waals surface area contributed by atoms with Gasteiger partial charge in [-0.1, -0.05) is 25.0 Å². The largest absolute Gasteiger partial charge is 0.391 e. The third-order valence-electron chi connectivity index (χ3n) is 3.56. The Hall–Kier alpha value is -1.51. The lowest BCUT2D eigenvalue weighted by Crippen LogP contribution is -2.45. The Kier molecular flexibility index (Phi) is 4.92. The Morgan fingerprint density at radius 1 is 1.24 bits per heavy atom. The molecule has 1 aliphatic carbocycles. The lowest BCUT2D eigenvalue weighted by atomic mass is 9.93. The summed E-state index contributed by atoms with van der Waals surface area (Å²) in [6.07, 6.45) is 2.37. The summed E-state index contributed by atoms with van der Waals surface area (Å²) >= 11 is 0. The molecular formula is C13H18N2O5S. The molecule has 0 radical (unpaired) electrons. The maximum atomic E-state index is 12.1. The molecule has 0 spiro atoms. The zero-order valence-corrected chi connectivity index (χ0v) is 12.3. The Labute approximate surface area is 123 Å². The van der Waals surface area contributed by atoms with E-state index in [9.17, 15) is 23.6 Å². The fourth-order valence-corrected chi connectivity index (χ4v) is 3.91. The average Bonchev–Trinajstić information content (AvgIpc) is 2.41. The highest BCUT2D eigenvalue weighted by Gasteiger charge is 2.27. The standard InChI is InChI=1S/C13H18N2O5S/c16-13-4-2-1-3-12(13)14-21(19,20)9-10-5-7-11(8-6-10)15(17)18/h5-8,12-14,16H,1-4,9H2. The fraction of sp³-hybridized carbons (Fsp3) is 0.538. The van der Waals surface area contributed by atoms with Gasteiger partial charge in [0.05, 0.1) is 16.8 Å². The highest BCUT2D eigenvalue weighted by Crippen LogP contribution is 2.20. The lowest BCUT2D eigenvalue weighted by Gasteiger charge is -2.28. The first-order valence-corrected chi connectivity index (χ1v) is 8.44. The first-order chi connectivity index (χ1) is 9.87. The zero-order valence-electron chi connectivity index (χ0n) is 11.4. The Morgan fingerprint density at radius 2 is 1.86 bits per heavy atom. The van der Waals surface area contributed by atoms with Gasteiger partial charge in [0, 0.05) is 18.2 Å². The molecule has 1 fully saturated rings. The lowest BCUT2D eigenvalue weighted by molar-refractivity contribution is -0.384. The molecule has 2 rings (SSSR count). The number of hydrogen-bond donors (Lipinski definition) is 2. The average molecular weight is 314 g/mol. The van der Waals surface area contributed by atoms with Crippen LogP contribution in [0.2, 0.25) is 0 Å². The number of non-ortho nitro benzene ring substituents is 1. The number of rotatable bonds is 5. The molecule has 1 aromatic rings. The van der Waals surface area contributed by atoms with E-state index in [-0.39, 0.29) is 11.4 Å². The van der Waals surface area contributed by atoms with E-state index in [1.54, 1.807) is 0 Å². The van der Waals surface area contributed by atoms with Crippen LogP contribution in [0, 0.1) is 10.1 Å². The minimum atomic E-state index is -3.58. The molecule has 2 N–H and O–H groups in total. The second-order valence-corrected chi connectivity index (χ2v) is 7.01. The van der Waals surface area contributed by atoms with Crippen LogP contribution in [0.3, 0.4) is 0 Å². The van der Waals surface area contributed by atoms with Gasteiger partial charge in [0.15, 0.2) is 0 Å². The molecule has 0 bridgehead atoms. The topological polar surface area (TPSA) is 110 Å². The number of benzene rings is 1. The minimum absolute atomic E-state index is 0.0770. The third kappa shape index (κ3) is 4.48. The van der Waals surface area contributed by atoms with Crippen molar-refractivity contribution in [2.24, 2.45) is 0 Å². The molecule has 1 saturated carbocycles. The summed E-state index contributed by atoms with van der Waals surface area (Å²) in [5, 5.41) is 20.3. The summed E-state index contributed by atoms with van der Waals surface area (Å²) in [6.45, 7) is 0. The predicted molar refractivity (Wildman–Crippen MR) is 77.1 cm³/mol. The second-order valence-electron chi connectivity index (χ2n) is 5.26. The summed E-state index contributed by atoms with van der Waals surface area (Å²) in [6, 6.07) is 4.96. The minimum Gasteiger partial charge on any atom is -0.391 e. The highest BCUT2D eigenvalue weighted by molar-refractivity contribution is 7.88. The SMILES string of the molecule is O=[N+]([O-])c1ccc(CS(=O)(=O)NC2CCCCC2O)cc1. The Morgan fingerprint density at radius 3 is 2.43 bits per heavy atom. The van der Waals surface area contributed by atoms with Crippen LogP contribution in [0.1, 0.15) is 31.2 Å². The van der Waals surface area contributed by atoms with Crippen molar-refractivity contribution < 1.29 is 18.4 Å². The van der Waals surface area contributed by atoms with Crippen LogP contribution in [0.4, 0.5) is 5.69 Å². The molecule has 21 heavy (non-hydrogen) atoms. The second kappa shape index (κ2) is 6.50. The first-order valence-electron chi connectivity index (χ1n) is 6.79. The van der Waals surface area contributed by atoms with Crippen molar-refractivity contribution in [3.8, 4) is 0 Å². The van der Waals surface area contributed by atoms with Gasteiger partial charge in [-0.25, -0.2) is 13.1 Å². The third-order valence-corrected chi connectivity index (χ3v) is 4.94. The van der Waals surface area contributed by atoms with E-state index in [1.807, 2.05) is 0 Å². The van der Waals surface area contributed by atoms with Gasteiger partial charge in [0.25, 0.3) is 5.69 Å². The van der Waals surface area contributed by atoms with Crippen LogP contribution >= 0.6 is 0 Å². The molecular weight excluding hydrogens is 296 g/mol. The number of sulfonamides is 1. The van der Waals surface area contributed by atoms with Crippen molar-refractivity contribution in [1.82, 2.24) is 4.72 Å². The summed E-state index contributed by atoms with van der Waals surface area (Å²) in [4.78, 5) is 10.0. The number of hydrogen-bond acceptors (Lipinski definition) is 5. The van der Waals surface area contributed by atoms with Crippen LogP contribution < -0.4 is 4.72 Å². The van der Waals surface area contributed by atoms with E-state index in [0.717, 1.165) is 12.8 Å². The molecule has 1 aliphatic rings. The van der Waals surface area contributed by atoms with Gasteiger partial charge in [-0.05, 0) is 18.4 Å². The van der Waals surface area contributed by atoms with Crippen molar-refractivity contribution in [3.05, 3.63) is 39.9 Å². The van der Waals surface area contributed by atoms with E-state index >= 15 is 0 Å². The van der Waals surface area contributed by atoms with Crippen molar-refractivity contribution in [3.63, 3.8) is 0 Å². The molecule has 0 aromatic heterocycles. The van der Waals surface area contributed by atoms with Gasteiger partial charge in [0.1, 0.15) is 0 Å². The summed E-state index contributed by atoms with van der Waals surface area (Å²) in [7, 11) is -3.58. The van der Waals surface area contributed by atoms with Crippen LogP contribution in [0.25, 0.3) is 0 Å². The highest BCUT2D eigenvalue weighted by atomic mass is 32.2. The normalized spacial score (nSPS) is 22.9. The predicted octanol–water partition coefficient (Wildman–Crippen LogP) is 1.32. The molecule has 0 saturated heterocycles. The quantitative estimate of drug-likeness (QED) is 0.629. The van der Waals surface area contributed by atoms with E-state index in [0.29, 0.717) is 18.4 Å². The van der Waals surface area contributed by atoms with E-state index in [4.69, 9.17) is 0 Å². The number of aliphatic hydroxyl groups is 1. The molecule has 8 heteroatoms. The van der Waals surface area contributed by atoms with E-state index in [2.05, 4.69) is 4.72 Å². The maximum absolute atomic E-state index is 12.1. The fourth-order valence-electron chi connectivity index (χ4n) is 2.45. The zero-order chi connectivity index (χ0) is 15.5. The van der Waals surface area contributed by atoms with Gasteiger partial charge in [-0.15, -0.1) is 0 Å². The number of nitrogens with one attached hydrogen (secondary N) is 1. The first kappa shape index (κ1) is 15.9. The smallest absolute Gasteiger partial charge is 0.269 e. The molecule has 7 nitrogen and oxygen atoms in total. The Balaban J connectivity index is 2.01. The van der Waals surface area contributed by atoms with Crippen molar-refractivity contribution in [1.29, 1.82) is 0 Å². The summed E-state index contributed by atoms with van der Waals surface area (Å²) in [5.74, 6) is -0.256. The van der Waals surface area contributed by atoms with Gasteiger partial charge in [-0.2, -0.15) is 0 Å². The van der Waals surface area contributed by atoms with Gasteiger partial charge in [-0.3, -0.25) is 10.1 Å². The Bertz CT molecular complexity index is 599. The van der Waals surface area contributed by atoms with Crippen molar-refractivity contribution >= 4 is 15.7 Å². The van der Waals surface area contributed by atoms with Gasteiger partial charge >= 0.3 is 0 Å². The van der Waals surface area contributed by atoms with E-state index in [1.165, 1.54) is 24.3 Å². The van der Waals surface area contributed by atoms with Crippen molar-refractivity contribution in [2.45, 2.75) is 43.6 Å². The molecule has 1 aromatic carbocycles.